The van der Waals surface area contributed by atoms with E-state index in [0.29, 0.717) is 11.7 Å². The third kappa shape index (κ3) is 9.02. The van der Waals surface area contributed by atoms with Gasteiger partial charge in [-0.3, -0.25) is 5.32 Å². The number of rotatable bonds is 1. The standard InChI is InChI=1S/C8H15N3O2S.C2HF3O2/c1-2-13-8(12)10-7(14)11-5-3-9-4-6-11;3-2(4,5)1(6)7/h9H,2-6H2,1H3,(H,10,12,14);(H,6,7). The largest absolute Gasteiger partial charge is 0.490 e. The number of aliphatic carboxylic acids is 1. The molecule has 0 bridgehead atoms. The van der Waals surface area contributed by atoms with Gasteiger partial charge in [-0.1, -0.05) is 0 Å². The lowest BCUT2D eigenvalue weighted by Crippen LogP contribution is -2.51. The minimum atomic E-state index is -5.08. The third-order valence-corrected chi connectivity index (χ3v) is 2.49. The number of halogens is 3. The summed E-state index contributed by atoms with van der Waals surface area (Å²) in [5, 5.41) is 13.3. The topological polar surface area (TPSA) is 90.9 Å². The molecule has 1 rings (SSSR count). The number of alkyl carbamates (subject to hydrolysis) is 1. The van der Waals surface area contributed by atoms with Gasteiger partial charge in [-0.2, -0.15) is 13.2 Å². The molecule has 7 nitrogen and oxygen atoms in total. The number of nitrogens with zero attached hydrogens (tertiary/aromatic N) is 1. The van der Waals surface area contributed by atoms with E-state index >= 15 is 0 Å². The number of alkyl halides is 3. The highest BCUT2D eigenvalue weighted by Crippen LogP contribution is 2.13. The summed E-state index contributed by atoms with van der Waals surface area (Å²) in [5.41, 5.74) is 0. The van der Waals surface area contributed by atoms with Crippen molar-refractivity contribution in [3.05, 3.63) is 0 Å². The van der Waals surface area contributed by atoms with E-state index in [0.717, 1.165) is 26.2 Å². The van der Waals surface area contributed by atoms with Gasteiger partial charge in [-0.05, 0) is 19.1 Å². The minimum absolute atomic E-state index is 0.357. The fourth-order valence-corrected chi connectivity index (χ4v) is 1.47. The molecule has 0 aromatic carbocycles. The molecule has 0 atom stereocenters. The quantitative estimate of drug-likeness (QED) is 0.605. The molecule has 1 aliphatic rings. The Morgan fingerprint density at radius 2 is 1.86 bits per heavy atom. The van der Waals surface area contributed by atoms with Gasteiger partial charge < -0.3 is 20.1 Å². The molecule has 3 N–H and O–H groups in total. The first-order valence-corrected chi connectivity index (χ1v) is 6.32. The maximum Gasteiger partial charge on any atom is 0.490 e. The molecule has 0 saturated carbocycles. The maximum absolute atomic E-state index is 11.0. The Hall–Kier alpha value is -1.62. The second kappa shape index (κ2) is 9.34. The summed E-state index contributed by atoms with van der Waals surface area (Å²) in [4.78, 5) is 21.9. The van der Waals surface area contributed by atoms with E-state index in [1.54, 1.807) is 6.92 Å². The predicted octanol–water partition coefficient (Wildman–Crippen LogP) is 0.556. The van der Waals surface area contributed by atoms with Gasteiger partial charge in [0.25, 0.3) is 0 Å². The van der Waals surface area contributed by atoms with Crippen LogP contribution in [0.25, 0.3) is 0 Å². The van der Waals surface area contributed by atoms with Crippen LogP contribution in [-0.2, 0) is 9.53 Å². The van der Waals surface area contributed by atoms with E-state index < -0.39 is 18.2 Å². The summed E-state index contributed by atoms with van der Waals surface area (Å²) in [7, 11) is 0. The number of carbonyl (C=O) groups excluding carboxylic acids is 1. The van der Waals surface area contributed by atoms with Gasteiger partial charge in [0.05, 0.1) is 6.61 Å². The fraction of sp³-hybridized carbons (Fsp3) is 0.700. The van der Waals surface area contributed by atoms with Crippen LogP contribution < -0.4 is 10.6 Å². The molecule has 21 heavy (non-hydrogen) atoms. The number of carboxylic acid groups (broad SMARTS) is 1. The highest BCUT2D eigenvalue weighted by atomic mass is 32.1. The van der Waals surface area contributed by atoms with Crippen molar-refractivity contribution in [3.63, 3.8) is 0 Å². The van der Waals surface area contributed by atoms with Crippen LogP contribution in [0.1, 0.15) is 6.92 Å². The monoisotopic (exact) mass is 331 g/mol. The van der Waals surface area contributed by atoms with Crippen LogP contribution in [-0.4, -0.2) is 66.1 Å². The molecule has 11 heteroatoms. The van der Waals surface area contributed by atoms with Gasteiger partial charge in [0.1, 0.15) is 0 Å². The normalized spacial score (nSPS) is 14.6. The number of hydrogen-bond donors (Lipinski definition) is 3. The van der Waals surface area contributed by atoms with Gasteiger partial charge in [0, 0.05) is 26.2 Å². The molecule has 0 aromatic rings. The Morgan fingerprint density at radius 1 is 1.38 bits per heavy atom. The van der Waals surface area contributed by atoms with E-state index in [2.05, 4.69) is 10.6 Å². The molecule has 1 heterocycles. The predicted molar refractivity (Wildman–Crippen MR) is 70.9 cm³/mol. The van der Waals surface area contributed by atoms with Crippen molar-refractivity contribution in [2.75, 3.05) is 32.8 Å². The Labute approximate surface area is 124 Å². The molecule has 1 aliphatic heterocycles. The van der Waals surface area contributed by atoms with Gasteiger partial charge >= 0.3 is 18.2 Å². The summed E-state index contributed by atoms with van der Waals surface area (Å²) < 4.78 is 36.5. The van der Waals surface area contributed by atoms with Crippen molar-refractivity contribution >= 4 is 29.4 Å². The zero-order valence-electron chi connectivity index (χ0n) is 11.2. The summed E-state index contributed by atoms with van der Waals surface area (Å²) >= 11 is 5.05. The molecular formula is C10H16F3N3O4S. The van der Waals surface area contributed by atoms with Gasteiger partial charge in [-0.25, -0.2) is 9.59 Å². The molecular weight excluding hydrogens is 315 g/mol. The SMILES string of the molecule is CCOC(=O)NC(=S)N1CCNCC1.O=C(O)C(F)(F)F. The number of nitrogens with one attached hydrogen (secondary N) is 2. The van der Waals surface area contributed by atoms with E-state index in [9.17, 15) is 18.0 Å². The Balaban J connectivity index is 0.000000486. The molecule has 0 radical (unpaired) electrons. The van der Waals surface area contributed by atoms with E-state index in [1.165, 1.54) is 0 Å². The van der Waals surface area contributed by atoms with Crippen molar-refractivity contribution in [1.82, 2.24) is 15.5 Å². The van der Waals surface area contributed by atoms with Crippen molar-refractivity contribution in [1.29, 1.82) is 0 Å². The molecule has 1 fully saturated rings. The van der Waals surface area contributed by atoms with Crippen molar-refractivity contribution in [2.24, 2.45) is 0 Å². The van der Waals surface area contributed by atoms with Crippen LogP contribution in [0.3, 0.4) is 0 Å². The van der Waals surface area contributed by atoms with E-state index in [4.69, 9.17) is 26.9 Å². The number of carbonyl (C=O) groups is 2. The minimum Gasteiger partial charge on any atom is -0.475 e. The molecule has 1 saturated heterocycles. The summed E-state index contributed by atoms with van der Waals surface area (Å²) in [6, 6.07) is 0. The van der Waals surface area contributed by atoms with E-state index in [1.807, 2.05) is 4.90 Å². The average Bonchev–Trinajstić information content (AvgIpc) is 2.39. The lowest BCUT2D eigenvalue weighted by molar-refractivity contribution is -0.192. The second-order valence-electron chi connectivity index (χ2n) is 3.69. The lowest BCUT2D eigenvalue weighted by atomic mass is 10.4. The number of amides is 1. The summed E-state index contributed by atoms with van der Waals surface area (Å²) in [6.45, 7) is 5.55. The van der Waals surface area contributed by atoms with Crippen molar-refractivity contribution in [3.8, 4) is 0 Å². The molecule has 1 amide bonds. The van der Waals surface area contributed by atoms with Crippen molar-refractivity contribution < 1.29 is 32.6 Å². The zero-order chi connectivity index (χ0) is 16.5. The van der Waals surface area contributed by atoms with Crippen LogP contribution in [0.5, 0.6) is 0 Å². The number of carboxylic acids is 1. The van der Waals surface area contributed by atoms with Gasteiger partial charge in [-0.15, -0.1) is 0 Å². The van der Waals surface area contributed by atoms with Crippen LogP contribution >= 0.6 is 12.2 Å². The summed E-state index contributed by atoms with van der Waals surface area (Å²) in [6.07, 6.45) is -5.56. The van der Waals surface area contributed by atoms with Crippen LogP contribution in [0.4, 0.5) is 18.0 Å². The Bertz CT molecular complexity index is 373. The zero-order valence-corrected chi connectivity index (χ0v) is 12.0. The average molecular weight is 331 g/mol. The second-order valence-corrected chi connectivity index (χ2v) is 4.08. The highest BCUT2D eigenvalue weighted by Gasteiger charge is 2.38. The van der Waals surface area contributed by atoms with Gasteiger partial charge in [0.15, 0.2) is 5.11 Å². The molecule has 0 aromatic heterocycles. The van der Waals surface area contributed by atoms with E-state index in [-0.39, 0.29) is 0 Å². The van der Waals surface area contributed by atoms with Crippen LogP contribution in [0, 0.1) is 0 Å². The number of piperazine rings is 1. The molecule has 0 spiro atoms. The highest BCUT2D eigenvalue weighted by molar-refractivity contribution is 7.80. The smallest absolute Gasteiger partial charge is 0.475 e. The van der Waals surface area contributed by atoms with Crippen LogP contribution in [0.2, 0.25) is 0 Å². The van der Waals surface area contributed by atoms with Gasteiger partial charge in [0.2, 0.25) is 0 Å². The molecule has 0 unspecified atom stereocenters. The number of hydrogen-bond acceptors (Lipinski definition) is 5. The molecule has 0 aliphatic carbocycles. The first-order valence-electron chi connectivity index (χ1n) is 5.92. The first-order chi connectivity index (χ1) is 9.68. The summed E-state index contributed by atoms with van der Waals surface area (Å²) in [5.74, 6) is -2.76. The fourth-order valence-electron chi connectivity index (χ4n) is 1.20. The number of thiocarbonyl (C=S) groups is 1. The molecule has 122 valence electrons. The van der Waals surface area contributed by atoms with Crippen LogP contribution in [0.15, 0.2) is 0 Å². The Morgan fingerprint density at radius 3 is 2.24 bits per heavy atom. The maximum atomic E-state index is 11.0. The van der Waals surface area contributed by atoms with Crippen molar-refractivity contribution in [2.45, 2.75) is 13.1 Å². The lowest BCUT2D eigenvalue weighted by Gasteiger charge is -2.29. The Kier molecular flexibility index (Phi) is 8.62. The third-order valence-electron chi connectivity index (χ3n) is 2.13. The number of ether oxygens (including phenoxy) is 1. The first kappa shape index (κ1) is 19.4.